The van der Waals surface area contributed by atoms with Gasteiger partial charge in [-0.3, -0.25) is 0 Å². The van der Waals surface area contributed by atoms with E-state index in [0.29, 0.717) is 5.41 Å². The summed E-state index contributed by atoms with van der Waals surface area (Å²) >= 11 is 1.66. The Balaban J connectivity index is 2.80. The van der Waals surface area contributed by atoms with E-state index >= 15 is 0 Å². The van der Waals surface area contributed by atoms with Crippen molar-refractivity contribution in [2.45, 2.75) is 32.2 Å². The van der Waals surface area contributed by atoms with Gasteiger partial charge in [-0.2, -0.15) is 0 Å². The third-order valence-corrected chi connectivity index (χ3v) is 2.54. The molecule has 3 N–H and O–H groups in total. The van der Waals surface area contributed by atoms with Crippen LogP contribution in [0.25, 0.3) is 0 Å². The number of hydrogen-bond donors (Lipinski definition) is 2. The average Bonchev–Trinajstić information content (AvgIpc) is 2.26. The van der Waals surface area contributed by atoms with E-state index in [1.54, 1.807) is 11.8 Å². The van der Waals surface area contributed by atoms with Gasteiger partial charge in [-0.1, -0.05) is 20.8 Å². The molecular weight excluding hydrogens is 180 g/mol. The highest BCUT2D eigenvalue weighted by Crippen LogP contribution is 2.27. The Hall–Kier alpha value is -0.570. The molecule has 1 heterocycles. The number of aromatic amines is 1. The van der Waals surface area contributed by atoms with Crippen LogP contribution < -0.4 is 5.73 Å². The lowest BCUT2D eigenvalue weighted by Gasteiger charge is -2.16. The first-order valence-electron chi connectivity index (χ1n) is 4.44. The number of anilines is 1. The van der Waals surface area contributed by atoms with E-state index in [1.165, 1.54) is 5.69 Å². The zero-order chi connectivity index (χ0) is 10.1. The zero-order valence-electron chi connectivity index (χ0n) is 8.77. The van der Waals surface area contributed by atoms with Crippen molar-refractivity contribution in [3.8, 4) is 0 Å². The lowest BCUT2D eigenvalue weighted by molar-refractivity contribution is 0.406. The normalized spacial score (nSPS) is 12.0. The number of thioether (sulfide) groups is 1. The summed E-state index contributed by atoms with van der Waals surface area (Å²) in [6, 6.07) is 2.04. The highest BCUT2D eigenvalue weighted by atomic mass is 32.2. The smallest absolute Gasteiger partial charge is 0.0955 e. The van der Waals surface area contributed by atoms with Crippen molar-refractivity contribution >= 4 is 17.4 Å². The largest absolute Gasteiger partial charge is 0.397 e. The predicted octanol–water partition coefficient (Wildman–Crippen LogP) is 2.91. The zero-order valence-corrected chi connectivity index (χ0v) is 9.59. The fourth-order valence-corrected chi connectivity index (χ4v) is 1.87. The van der Waals surface area contributed by atoms with E-state index in [2.05, 4.69) is 25.8 Å². The minimum Gasteiger partial charge on any atom is -0.397 e. The second-order valence-electron chi connectivity index (χ2n) is 4.52. The summed E-state index contributed by atoms with van der Waals surface area (Å²) in [4.78, 5) is 3.33. The van der Waals surface area contributed by atoms with E-state index in [-0.39, 0.29) is 0 Å². The SMILES string of the molecule is CSc1[nH]c(CC(C)(C)C)cc1N. The maximum atomic E-state index is 5.82. The summed E-state index contributed by atoms with van der Waals surface area (Å²) < 4.78 is 0. The van der Waals surface area contributed by atoms with Crippen LogP contribution in [-0.4, -0.2) is 11.2 Å². The van der Waals surface area contributed by atoms with Gasteiger partial charge in [-0.15, -0.1) is 11.8 Å². The van der Waals surface area contributed by atoms with Crippen LogP contribution in [0, 0.1) is 5.41 Å². The van der Waals surface area contributed by atoms with Gasteiger partial charge in [0.25, 0.3) is 0 Å². The molecule has 1 aromatic rings. The van der Waals surface area contributed by atoms with E-state index in [1.807, 2.05) is 12.3 Å². The molecule has 74 valence electrons. The van der Waals surface area contributed by atoms with Gasteiger partial charge in [0.2, 0.25) is 0 Å². The fraction of sp³-hybridized carbons (Fsp3) is 0.600. The number of aromatic nitrogens is 1. The molecule has 0 aliphatic rings. The molecule has 0 aliphatic heterocycles. The van der Waals surface area contributed by atoms with Gasteiger partial charge in [0.05, 0.1) is 10.7 Å². The summed E-state index contributed by atoms with van der Waals surface area (Å²) in [5.74, 6) is 0. The van der Waals surface area contributed by atoms with E-state index in [9.17, 15) is 0 Å². The van der Waals surface area contributed by atoms with Gasteiger partial charge in [0.1, 0.15) is 0 Å². The van der Waals surface area contributed by atoms with Gasteiger partial charge < -0.3 is 10.7 Å². The summed E-state index contributed by atoms with van der Waals surface area (Å²) in [5.41, 5.74) is 8.23. The lowest BCUT2D eigenvalue weighted by atomic mass is 9.91. The molecule has 0 spiro atoms. The van der Waals surface area contributed by atoms with Gasteiger partial charge in [0, 0.05) is 5.69 Å². The molecule has 0 fully saturated rings. The molecule has 1 rings (SSSR count). The van der Waals surface area contributed by atoms with Crippen molar-refractivity contribution in [3.63, 3.8) is 0 Å². The minimum atomic E-state index is 0.312. The molecule has 0 radical (unpaired) electrons. The quantitative estimate of drug-likeness (QED) is 0.717. The fourth-order valence-electron chi connectivity index (χ4n) is 1.34. The molecule has 0 saturated carbocycles. The first-order chi connectivity index (χ1) is 5.92. The summed E-state index contributed by atoms with van der Waals surface area (Å²) in [7, 11) is 0. The Morgan fingerprint density at radius 3 is 2.46 bits per heavy atom. The van der Waals surface area contributed by atoms with E-state index in [0.717, 1.165) is 17.1 Å². The second kappa shape index (κ2) is 3.66. The van der Waals surface area contributed by atoms with Crippen molar-refractivity contribution in [2.75, 3.05) is 12.0 Å². The van der Waals surface area contributed by atoms with Crippen LogP contribution in [-0.2, 0) is 6.42 Å². The molecule has 0 aromatic carbocycles. The van der Waals surface area contributed by atoms with Gasteiger partial charge in [0.15, 0.2) is 0 Å². The number of H-pyrrole nitrogens is 1. The van der Waals surface area contributed by atoms with Crippen molar-refractivity contribution < 1.29 is 0 Å². The third-order valence-electron chi connectivity index (χ3n) is 1.79. The van der Waals surface area contributed by atoms with Gasteiger partial charge in [-0.05, 0) is 24.2 Å². The summed E-state index contributed by atoms with van der Waals surface area (Å²) in [6.07, 6.45) is 3.07. The van der Waals surface area contributed by atoms with E-state index in [4.69, 9.17) is 5.73 Å². The number of nitrogen functional groups attached to an aromatic ring is 1. The maximum Gasteiger partial charge on any atom is 0.0955 e. The molecule has 0 amide bonds. The number of hydrogen-bond acceptors (Lipinski definition) is 2. The lowest BCUT2D eigenvalue weighted by Crippen LogP contribution is -2.09. The van der Waals surface area contributed by atoms with Gasteiger partial charge >= 0.3 is 0 Å². The van der Waals surface area contributed by atoms with Crippen LogP contribution in [0.3, 0.4) is 0 Å². The van der Waals surface area contributed by atoms with Gasteiger partial charge in [-0.25, -0.2) is 0 Å². The van der Waals surface area contributed by atoms with Crippen LogP contribution in [0.4, 0.5) is 5.69 Å². The second-order valence-corrected chi connectivity index (χ2v) is 5.34. The maximum absolute atomic E-state index is 5.82. The Kier molecular flexibility index (Phi) is 2.96. The molecule has 0 saturated heterocycles. The van der Waals surface area contributed by atoms with Crippen LogP contribution in [0.15, 0.2) is 11.1 Å². The molecule has 0 unspecified atom stereocenters. The first kappa shape index (κ1) is 10.5. The predicted molar refractivity (Wildman–Crippen MR) is 60.1 cm³/mol. The van der Waals surface area contributed by atoms with Crippen LogP contribution in [0.5, 0.6) is 0 Å². The summed E-state index contributed by atoms with van der Waals surface area (Å²) in [6.45, 7) is 6.67. The van der Waals surface area contributed by atoms with Crippen molar-refractivity contribution in [1.82, 2.24) is 4.98 Å². The van der Waals surface area contributed by atoms with Crippen LogP contribution in [0.2, 0.25) is 0 Å². The molecule has 1 aromatic heterocycles. The highest BCUT2D eigenvalue weighted by molar-refractivity contribution is 7.98. The Bertz CT molecular complexity index is 284. The van der Waals surface area contributed by atoms with Crippen LogP contribution in [0.1, 0.15) is 26.5 Å². The number of nitrogens with two attached hydrogens (primary N) is 1. The van der Waals surface area contributed by atoms with Crippen LogP contribution >= 0.6 is 11.8 Å². The Morgan fingerprint density at radius 1 is 1.46 bits per heavy atom. The first-order valence-corrected chi connectivity index (χ1v) is 5.66. The van der Waals surface area contributed by atoms with E-state index < -0.39 is 0 Å². The highest BCUT2D eigenvalue weighted by Gasteiger charge is 2.13. The van der Waals surface area contributed by atoms with Crippen molar-refractivity contribution in [2.24, 2.45) is 5.41 Å². The molecular formula is C10H18N2S. The third kappa shape index (κ3) is 2.99. The Morgan fingerprint density at radius 2 is 2.08 bits per heavy atom. The monoisotopic (exact) mass is 198 g/mol. The minimum absolute atomic E-state index is 0.312. The van der Waals surface area contributed by atoms with Crippen molar-refractivity contribution in [3.05, 3.63) is 11.8 Å². The topological polar surface area (TPSA) is 41.8 Å². The molecule has 0 aliphatic carbocycles. The average molecular weight is 198 g/mol. The van der Waals surface area contributed by atoms with Crippen molar-refractivity contribution in [1.29, 1.82) is 0 Å². The molecule has 3 heteroatoms. The summed E-state index contributed by atoms with van der Waals surface area (Å²) in [5, 5.41) is 1.08. The Labute approximate surface area is 84.3 Å². The molecule has 0 bridgehead atoms. The molecule has 2 nitrogen and oxygen atoms in total. The standard InChI is InChI=1S/C10H18N2S/c1-10(2,3)6-7-5-8(11)9(12-7)13-4/h5,12H,6,11H2,1-4H3. The number of rotatable bonds is 2. The number of nitrogens with one attached hydrogen (secondary N) is 1. The molecule has 0 atom stereocenters. The molecule has 13 heavy (non-hydrogen) atoms.